The van der Waals surface area contributed by atoms with Crippen molar-refractivity contribution in [2.45, 2.75) is 50.2 Å². The Kier molecular flexibility index (Phi) is 9.62. The Morgan fingerprint density at radius 1 is 0.804 bits per heavy atom. The number of hydrogen-bond acceptors (Lipinski definition) is 7. The zero-order valence-electron chi connectivity index (χ0n) is 26.1. The fraction of sp³-hybridized carbons (Fsp3) is 0.529. The van der Waals surface area contributed by atoms with Gasteiger partial charge in [0.15, 0.2) is 0 Å². The van der Waals surface area contributed by atoms with Crippen molar-refractivity contribution in [3.8, 4) is 0 Å². The van der Waals surface area contributed by atoms with Crippen LogP contribution in [0.3, 0.4) is 0 Å². The maximum absolute atomic E-state index is 13.4. The van der Waals surface area contributed by atoms with Crippen LogP contribution >= 0.6 is 0 Å². The van der Waals surface area contributed by atoms with E-state index < -0.39 is 23.8 Å². The van der Waals surface area contributed by atoms with Crippen LogP contribution < -0.4 is 10.6 Å². The van der Waals surface area contributed by atoms with Crippen molar-refractivity contribution in [3.05, 3.63) is 65.7 Å². The Labute approximate surface area is 269 Å². The molecule has 246 valence electrons. The summed E-state index contributed by atoms with van der Waals surface area (Å²) >= 11 is 0. The van der Waals surface area contributed by atoms with E-state index in [2.05, 4.69) is 15.5 Å². The highest BCUT2D eigenvalue weighted by molar-refractivity contribution is 5.95. The SMILES string of the molecule is O=C(Nc1ccc(C(=O)N2CCC(NC(=O)O[C@H]3CN4CCC3CC4)(c3ccccc3)CC2)cc1)OCC1CCN(C(=O)O)CC1. The summed E-state index contributed by atoms with van der Waals surface area (Å²) < 4.78 is 11.3. The minimum atomic E-state index is -0.923. The molecule has 0 aliphatic carbocycles. The molecule has 0 aromatic heterocycles. The number of ether oxygens (including phenoxy) is 2. The second-order valence-electron chi connectivity index (χ2n) is 13.0. The van der Waals surface area contributed by atoms with Crippen LogP contribution in [0.1, 0.15) is 54.4 Å². The minimum Gasteiger partial charge on any atom is -0.465 e. The Bertz CT molecular complexity index is 1380. The van der Waals surface area contributed by atoms with Crippen molar-refractivity contribution in [1.29, 1.82) is 0 Å². The topological polar surface area (TPSA) is 141 Å². The van der Waals surface area contributed by atoms with Gasteiger partial charge in [-0.25, -0.2) is 14.4 Å². The molecule has 5 heterocycles. The summed E-state index contributed by atoms with van der Waals surface area (Å²) in [5.74, 6) is 0.432. The fourth-order valence-electron chi connectivity index (χ4n) is 7.26. The van der Waals surface area contributed by atoms with E-state index in [4.69, 9.17) is 14.6 Å². The molecule has 2 aromatic rings. The molecule has 4 amide bonds. The lowest BCUT2D eigenvalue weighted by Crippen LogP contribution is -2.56. The summed E-state index contributed by atoms with van der Waals surface area (Å²) in [6, 6.07) is 16.6. The van der Waals surface area contributed by atoms with E-state index in [9.17, 15) is 19.2 Å². The second kappa shape index (κ2) is 14.0. The van der Waals surface area contributed by atoms with E-state index in [0.29, 0.717) is 69.0 Å². The van der Waals surface area contributed by atoms with Crippen molar-refractivity contribution in [3.63, 3.8) is 0 Å². The first kappa shape index (κ1) is 31.7. The third-order valence-corrected chi connectivity index (χ3v) is 10.1. The third kappa shape index (κ3) is 7.38. The number of benzene rings is 2. The molecule has 0 unspecified atom stereocenters. The maximum Gasteiger partial charge on any atom is 0.411 e. The molecule has 5 fully saturated rings. The van der Waals surface area contributed by atoms with E-state index in [1.807, 2.05) is 30.3 Å². The average Bonchev–Trinajstić information content (AvgIpc) is 3.09. The first-order valence-corrected chi connectivity index (χ1v) is 16.4. The number of carbonyl (C=O) groups is 4. The minimum absolute atomic E-state index is 0.0832. The number of carboxylic acid groups (broad SMARTS) is 1. The van der Waals surface area contributed by atoms with Crippen LogP contribution in [0.5, 0.6) is 0 Å². The number of nitrogens with one attached hydrogen (secondary N) is 2. The Balaban J connectivity index is 1.00. The highest BCUT2D eigenvalue weighted by Gasteiger charge is 2.41. The van der Waals surface area contributed by atoms with E-state index in [1.54, 1.807) is 29.2 Å². The van der Waals surface area contributed by atoms with Gasteiger partial charge in [0.2, 0.25) is 0 Å². The Morgan fingerprint density at radius 2 is 1.48 bits per heavy atom. The number of piperidine rings is 5. The first-order valence-electron chi connectivity index (χ1n) is 16.4. The first-order chi connectivity index (χ1) is 22.3. The number of likely N-dealkylation sites (tertiary alicyclic amines) is 2. The molecular weight excluding hydrogens is 590 g/mol. The van der Waals surface area contributed by atoms with Gasteiger partial charge in [0.25, 0.3) is 5.91 Å². The van der Waals surface area contributed by atoms with Gasteiger partial charge in [-0.2, -0.15) is 0 Å². The molecule has 0 radical (unpaired) electrons. The number of anilines is 1. The lowest BCUT2D eigenvalue weighted by atomic mass is 9.80. The number of rotatable bonds is 7. The predicted octanol–water partition coefficient (Wildman–Crippen LogP) is 4.58. The lowest BCUT2D eigenvalue weighted by molar-refractivity contribution is -0.0366. The van der Waals surface area contributed by atoms with Crippen molar-refractivity contribution in [2.75, 3.05) is 57.7 Å². The third-order valence-electron chi connectivity index (χ3n) is 10.1. The number of nitrogens with zero attached hydrogens (tertiary/aromatic N) is 3. The van der Waals surface area contributed by atoms with Crippen LogP contribution in [-0.4, -0.2) is 103 Å². The molecule has 12 nitrogen and oxygen atoms in total. The van der Waals surface area contributed by atoms with Crippen LogP contribution in [0.15, 0.2) is 54.6 Å². The monoisotopic (exact) mass is 633 g/mol. The molecule has 5 saturated heterocycles. The summed E-state index contributed by atoms with van der Waals surface area (Å²) in [7, 11) is 0. The Morgan fingerprint density at radius 3 is 2.09 bits per heavy atom. The smallest absolute Gasteiger partial charge is 0.411 e. The fourth-order valence-corrected chi connectivity index (χ4v) is 7.26. The zero-order chi connectivity index (χ0) is 32.1. The standard InChI is InChI=1S/C34H43N5O7/c40-30(26-6-8-28(9-7-26)35-31(41)45-23-24-10-18-39(19-11-24)33(43)44)38-20-14-34(15-21-38,27-4-2-1-3-5-27)36-32(42)46-29-22-37-16-12-25(29)13-17-37/h1-9,24-25,29H,10-23H2,(H,35,41)(H,36,42)(H,43,44)/t29-/m0/s1. The molecule has 2 aromatic carbocycles. The molecule has 46 heavy (non-hydrogen) atoms. The van der Waals surface area contributed by atoms with Crippen molar-refractivity contribution >= 4 is 29.9 Å². The molecule has 0 saturated carbocycles. The van der Waals surface area contributed by atoms with Gasteiger partial charge in [0.1, 0.15) is 6.10 Å². The average molecular weight is 634 g/mol. The zero-order valence-corrected chi connectivity index (χ0v) is 26.1. The highest BCUT2D eigenvalue weighted by Crippen LogP contribution is 2.35. The summed E-state index contributed by atoms with van der Waals surface area (Å²) in [4.78, 5) is 55.6. The summed E-state index contributed by atoms with van der Waals surface area (Å²) in [6.45, 7) is 4.98. The Hall–Kier alpha value is -4.32. The predicted molar refractivity (Wildman–Crippen MR) is 170 cm³/mol. The summed E-state index contributed by atoms with van der Waals surface area (Å²) in [5, 5.41) is 15.0. The molecule has 5 aliphatic rings. The lowest BCUT2D eigenvalue weighted by Gasteiger charge is -2.45. The number of amides is 4. The van der Waals surface area contributed by atoms with Gasteiger partial charge in [-0.1, -0.05) is 30.3 Å². The molecule has 2 bridgehead atoms. The van der Waals surface area contributed by atoms with Gasteiger partial charge in [-0.15, -0.1) is 0 Å². The maximum atomic E-state index is 13.4. The molecular formula is C34H43N5O7. The molecule has 3 N–H and O–H groups in total. The van der Waals surface area contributed by atoms with E-state index in [-0.39, 0.29) is 24.5 Å². The van der Waals surface area contributed by atoms with E-state index in [0.717, 1.165) is 38.0 Å². The van der Waals surface area contributed by atoms with Crippen LogP contribution in [0.2, 0.25) is 0 Å². The highest BCUT2D eigenvalue weighted by atomic mass is 16.6. The van der Waals surface area contributed by atoms with E-state index in [1.165, 1.54) is 4.90 Å². The number of hydrogen-bond donors (Lipinski definition) is 3. The van der Waals surface area contributed by atoms with Gasteiger partial charge in [0, 0.05) is 44.0 Å². The van der Waals surface area contributed by atoms with Crippen molar-refractivity contribution < 1.29 is 33.8 Å². The number of fused-ring (bicyclic) bond motifs is 3. The van der Waals surface area contributed by atoms with Gasteiger partial charge in [0.05, 0.1) is 12.1 Å². The van der Waals surface area contributed by atoms with Gasteiger partial charge >= 0.3 is 18.3 Å². The van der Waals surface area contributed by atoms with Gasteiger partial charge < -0.3 is 29.7 Å². The van der Waals surface area contributed by atoms with Crippen molar-refractivity contribution in [1.82, 2.24) is 20.0 Å². The van der Waals surface area contributed by atoms with Crippen molar-refractivity contribution in [2.24, 2.45) is 11.8 Å². The largest absolute Gasteiger partial charge is 0.465 e. The normalized spacial score (nSPS) is 24.1. The van der Waals surface area contributed by atoms with E-state index >= 15 is 0 Å². The molecule has 7 rings (SSSR count). The molecule has 12 heteroatoms. The molecule has 0 spiro atoms. The van der Waals surface area contributed by atoms with Gasteiger partial charge in [-0.05, 0) is 93.3 Å². The van der Waals surface area contributed by atoms with Gasteiger partial charge in [-0.3, -0.25) is 15.0 Å². The van der Waals surface area contributed by atoms with Crippen LogP contribution in [-0.2, 0) is 15.0 Å². The van der Waals surface area contributed by atoms with Crippen LogP contribution in [0, 0.1) is 11.8 Å². The quantitative estimate of drug-likeness (QED) is 0.403. The molecule has 5 aliphatic heterocycles. The summed E-state index contributed by atoms with van der Waals surface area (Å²) in [6.07, 6.45) is 2.55. The second-order valence-corrected chi connectivity index (χ2v) is 13.0. The number of alkyl carbamates (subject to hydrolysis) is 1. The number of carbonyl (C=O) groups excluding carboxylic acids is 3. The molecule has 1 atom stereocenters. The van der Waals surface area contributed by atoms with Crippen LogP contribution in [0.25, 0.3) is 0 Å². The summed E-state index contributed by atoms with van der Waals surface area (Å²) in [5.41, 5.74) is 1.38. The van der Waals surface area contributed by atoms with Crippen LogP contribution in [0.4, 0.5) is 20.1 Å².